The molecule has 0 fully saturated rings. The van der Waals surface area contributed by atoms with Gasteiger partial charge in [0.25, 0.3) is 0 Å². The van der Waals surface area contributed by atoms with Crippen LogP contribution in [0.5, 0.6) is 11.5 Å². The molecule has 20 heavy (non-hydrogen) atoms. The number of benzene rings is 1. The van der Waals surface area contributed by atoms with E-state index < -0.39 is 0 Å². The summed E-state index contributed by atoms with van der Waals surface area (Å²) >= 11 is 9.17. The van der Waals surface area contributed by atoms with Gasteiger partial charge in [0.15, 0.2) is 11.5 Å². The molecular weight excluding hydrogens is 346 g/mol. The first-order valence-corrected chi connectivity index (χ1v) is 7.24. The monoisotopic (exact) mass is 355 g/mol. The Morgan fingerprint density at radius 3 is 2.85 bits per heavy atom. The van der Waals surface area contributed by atoms with Crippen LogP contribution in [0.4, 0.5) is 11.5 Å². The molecule has 104 valence electrons. The third-order valence-electron chi connectivity index (χ3n) is 2.72. The van der Waals surface area contributed by atoms with Gasteiger partial charge in [-0.1, -0.05) is 0 Å². The van der Waals surface area contributed by atoms with Crippen LogP contribution in [0.2, 0.25) is 5.28 Å². The summed E-state index contributed by atoms with van der Waals surface area (Å²) in [6.07, 6.45) is 2.48. The molecule has 2 aromatic rings. The zero-order chi connectivity index (χ0) is 13.9. The van der Waals surface area contributed by atoms with Gasteiger partial charge >= 0.3 is 0 Å². The van der Waals surface area contributed by atoms with Crippen molar-refractivity contribution in [3.63, 3.8) is 0 Å². The highest BCUT2D eigenvalue weighted by Gasteiger charge is 2.12. The average Bonchev–Trinajstić information content (AvgIpc) is 2.67. The lowest BCUT2D eigenvalue weighted by Crippen LogP contribution is -1.98. The van der Waals surface area contributed by atoms with Crippen LogP contribution in [0.3, 0.4) is 0 Å². The lowest BCUT2D eigenvalue weighted by atomic mass is 10.2. The van der Waals surface area contributed by atoms with E-state index in [1.165, 1.54) is 0 Å². The third-order valence-corrected chi connectivity index (χ3v) is 3.49. The first-order chi connectivity index (χ1) is 9.72. The number of nitrogens with one attached hydrogen (secondary N) is 1. The van der Waals surface area contributed by atoms with E-state index in [9.17, 15) is 0 Å². The van der Waals surface area contributed by atoms with E-state index in [0.29, 0.717) is 19.0 Å². The van der Waals surface area contributed by atoms with Crippen LogP contribution in [0, 0.1) is 0 Å². The largest absolute Gasteiger partial charge is 0.490 e. The van der Waals surface area contributed by atoms with Crippen molar-refractivity contribution >= 4 is 39.0 Å². The zero-order valence-electron chi connectivity index (χ0n) is 10.4. The van der Waals surface area contributed by atoms with E-state index in [0.717, 1.165) is 28.1 Å². The summed E-state index contributed by atoms with van der Waals surface area (Å²) < 4.78 is 12.0. The van der Waals surface area contributed by atoms with Gasteiger partial charge in [0.05, 0.1) is 17.7 Å². The van der Waals surface area contributed by atoms with Crippen LogP contribution >= 0.6 is 27.5 Å². The minimum atomic E-state index is 0.185. The van der Waals surface area contributed by atoms with E-state index in [4.69, 9.17) is 21.1 Å². The fourth-order valence-corrected chi connectivity index (χ4v) is 2.23. The summed E-state index contributed by atoms with van der Waals surface area (Å²) in [5, 5.41) is 3.35. The molecule has 1 aliphatic heterocycles. The van der Waals surface area contributed by atoms with Crippen molar-refractivity contribution in [3.8, 4) is 11.5 Å². The van der Waals surface area contributed by atoms with Gasteiger partial charge in [-0.2, -0.15) is 4.98 Å². The molecule has 0 saturated heterocycles. The molecule has 2 heterocycles. The van der Waals surface area contributed by atoms with E-state index >= 15 is 0 Å². The molecule has 0 saturated carbocycles. The molecule has 1 N–H and O–H groups in total. The average molecular weight is 357 g/mol. The quantitative estimate of drug-likeness (QED) is 0.830. The van der Waals surface area contributed by atoms with Crippen molar-refractivity contribution in [2.45, 2.75) is 6.42 Å². The van der Waals surface area contributed by atoms with E-state index in [1.54, 1.807) is 6.20 Å². The molecular formula is C13H11BrClN3O2. The molecule has 0 unspecified atom stereocenters. The minimum absolute atomic E-state index is 0.185. The Hall–Kier alpha value is -1.53. The number of hydrogen-bond acceptors (Lipinski definition) is 5. The molecule has 0 amide bonds. The van der Waals surface area contributed by atoms with Crippen LogP contribution in [0.15, 0.2) is 28.9 Å². The molecule has 0 atom stereocenters. The van der Waals surface area contributed by atoms with Crippen molar-refractivity contribution in [1.82, 2.24) is 9.97 Å². The smallest absolute Gasteiger partial charge is 0.224 e. The van der Waals surface area contributed by atoms with Crippen LogP contribution in [0.1, 0.15) is 6.42 Å². The number of halogens is 2. The molecule has 5 nitrogen and oxygen atoms in total. The Bertz CT molecular complexity index is 639. The number of aromatic nitrogens is 2. The highest BCUT2D eigenvalue weighted by atomic mass is 79.9. The second kappa shape index (κ2) is 5.85. The van der Waals surface area contributed by atoms with Crippen molar-refractivity contribution in [3.05, 3.63) is 34.2 Å². The minimum Gasteiger partial charge on any atom is -0.490 e. The number of rotatable bonds is 2. The summed E-state index contributed by atoms with van der Waals surface area (Å²) in [7, 11) is 0. The maximum atomic E-state index is 5.79. The molecule has 0 aliphatic carbocycles. The Kier molecular flexibility index (Phi) is 3.93. The van der Waals surface area contributed by atoms with Gasteiger partial charge in [0.2, 0.25) is 5.28 Å². The maximum Gasteiger partial charge on any atom is 0.224 e. The Labute approximate surface area is 129 Å². The molecule has 0 spiro atoms. The Balaban J connectivity index is 1.87. The van der Waals surface area contributed by atoms with Crippen molar-refractivity contribution in [1.29, 1.82) is 0 Å². The molecule has 1 aromatic heterocycles. The fourth-order valence-electron chi connectivity index (χ4n) is 1.81. The molecule has 3 rings (SSSR count). The lowest BCUT2D eigenvalue weighted by Gasteiger charge is -2.11. The summed E-state index contributed by atoms with van der Waals surface area (Å²) in [6, 6.07) is 5.65. The van der Waals surface area contributed by atoms with E-state index in [2.05, 4.69) is 31.2 Å². The van der Waals surface area contributed by atoms with Crippen LogP contribution < -0.4 is 14.8 Å². The standard InChI is InChI=1S/C13H11BrClN3O2/c14-9-7-16-13(15)18-12(9)17-8-2-3-10-11(6-8)20-5-1-4-19-10/h2-3,6-7H,1,4-5H2,(H,16,17,18). The highest BCUT2D eigenvalue weighted by molar-refractivity contribution is 9.10. The van der Waals surface area contributed by atoms with Gasteiger partial charge < -0.3 is 14.8 Å². The maximum absolute atomic E-state index is 5.79. The van der Waals surface area contributed by atoms with E-state index in [-0.39, 0.29) is 5.28 Å². The fraction of sp³-hybridized carbons (Fsp3) is 0.231. The predicted octanol–water partition coefficient (Wildman–Crippen LogP) is 3.80. The lowest BCUT2D eigenvalue weighted by molar-refractivity contribution is 0.297. The molecule has 1 aromatic carbocycles. The molecule has 1 aliphatic rings. The van der Waals surface area contributed by atoms with E-state index in [1.807, 2.05) is 18.2 Å². The summed E-state index contributed by atoms with van der Waals surface area (Å²) in [5.74, 6) is 2.08. The second-order valence-electron chi connectivity index (χ2n) is 4.17. The second-order valence-corrected chi connectivity index (χ2v) is 5.36. The summed E-state index contributed by atoms with van der Waals surface area (Å²) in [4.78, 5) is 8.01. The Morgan fingerprint density at radius 2 is 2.00 bits per heavy atom. The van der Waals surface area contributed by atoms with Crippen molar-refractivity contribution < 1.29 is 9.47 Å². The van der Waals surface area contributed by atoms with Crippen LogP contribution in [-0.4, -0.2) is 23.2 Å². The summed E-state index contributed by atoms with van der Waals surface area (Å²) in [6.45, 7) is 1.33. The third kappa shape index (κ3) is 2.96. The highest BCUT2D eigenvalue weighted by Crippen LogP contribution is 2.34. The SMILES string of the molecule is Clc1ncc(Br)c(Nc2ccc3c(c2)OCCCO3)n1. The van der Waals surface area contributed by atoms with Crippen LogP contribution in [-0.2, 0) is 0 Å². The van der Waals surface area contributed by atoms with Crippen molar-refractivity contribution in [2.24, 2.45) is 0 Å². The van der Waals surface area contributed by atoms with Gasteiger partial charge in [0.1, 0.15) is 5.82 Å². The zero-order valence-corrected chi connectivity index (χ0v) is 12.7. The number of anilines is 2. The van der Waals surface area contributed by atoms with Crippen LogP contribution in [0.25, 0.3) is 0 Å². The van der Waals surface area contributed by atoms with Gasteiger partial charge in [0, 0.05) is 24.4 Å². The normalized spacial score (nSPS) is 13.7. The Morgan fingerprint density at radius 1 is 1.20 bits per heavy atom. The molecule has 0 bridgehead atoms. The van der Waals surface area contributed by atoms with Crippen molar-refractivity contribution in [2.75, 3.05) is 18.5 Å². The number of ether oxygens (including phenoxy) is 2. The first-order valence-electron chi connectivity index (χ1n) is 6.07. The predicted molar refractivity (Wildman–Crippen MR) is 80.1 cm³/mol. The number of nitrogens with zero attached hydrogens (tertiary/aromatic N) is 2. The number of fused-ring (bicyclic) bond motifs is 1. The van der Waals surface area contributed by atoms with Gasteiger partial charge in [-0.05, 0) is 39.7 Å². The number of hydrogen-bond donors (Lipinski definition) is 1. The molecule has 0 radical (unpaired) electrons. The first kappa shape index (κ1) is 13.5. The summed E-state index contributed by atoms with van der Waals surface area (Å²) in [5.41, 5.74) is 0.838. The topological polar surface area (TPSA) is 56.3 Å². The van der Waals surface area contributed by atoms with Gasteiger partial charge in [-0.15, -0.1) is 0 Å². The molecule has 7 heteroatoms. The van der Waals surface area contributed by atoms with Gasteiger partial charge in [-0.25, -0.2) is 4.98 Å². The van der Waals surface area contributed by atoms with Gasteiger partial charge in [-0.3, -0.25) is 0 Å².